The van der Waals surface area contributed by atoms with Gasteiger partial charge in [-0.3, -0.25) is 0 Å². The van der Waals surface area contributed by atoms with Crippen LogP contribution in [0.4, 0.5) is 5.82 Å². The number of hydrogen-bond donors (Lipinski definition) is 0. The van der Waals surface area contributed by atoms with Crippen LogP contribution in [-0.2, 0) is 13.9 Å². The Kier molecular flexibility index (Phi) is 8.36. The van der Waals surface area contributed by atoms with Crippen LogP contribution in [0.1, 0.15) is 33.4 Å². The second kappa shape index (κ2) is 10.5. The van der Waals surface area contributed by atoms with E-state index >= 15 is 0 Å². The monoisotopic (exact) mass is 585 g/mol. The Bertz CT molecular complexity index is 1000. The summed E-state index contributed by atoms with van der Waals surface area (Å²) in [6.45, 7) is 16.0. The molecule has 3 heterocycles. The van der Waals surface area contributed by atoms with E-state index in [0.29, 0.717) is 25.5 Å². The number of aromatic nitrogens is 3. The maximum Gasteiger partial charge on any atom is 0.192 e. The van der Waals surface area contributed by atoms with Crippen molar-refractivity contribution in [1.29, 1.82) is 0 Å². The number of aliphatic imine (C=N–C) groups is 1. The van der Waals surface area contributed by atoms with E-state index in [4.69, 9.17) is 13.9 Å². The highest BCUT2D eigenvalue weighted by molar-refractivity contribution is 14.1. The molecule has 3 atom stereocenters. The van der Waals surface area contributed by atoms with E-state index in [-0.39, 0.29) is 23.5 Å². The standard InChI is InChI=1S/C23H36IN5O3Si/c1-9-10-30-17-11-19(32-18(17)13-31-33(7,8)23(2,3)4)29-12-16(24)20-21(27-15-28(5)6)25-14-26-22(20)29/h9,12,14-15,17-19H,1,10-11,13H2,2-8H3/t17?,18-,19-/m1/s1. The summed E-state index contributed by atoms with van der Waals surface area (Å²) in [6.07, 6.45) is 7.38. The maximum absolute atomic E-state index is 6.52. The van der Waals surface area contributed by atoms with Gasteiger partial charge in [-0.25, -0.2) is 15.0 Å². The summed E-state index contributed by atoms with van der Waals surface area (Å²) in [4.78, 5) is 15.4. The van der Waals surface area contributed by atoms with Crippen molar-refractivity contribution in [1.82, 2.24) is 19.4 Å². The van der Waals surface area contributed by atoms with Crippen molar-refractivity contribution in [3.05, 3.63) is 28.7 Å². The van der Waals surface area contributed by atoms with Crippen LogP contribution in [-0.4, -0.2) is 73.6 Å². The fourth-order valence-corrected chi connectivity index (χ4v) is 5.20. The third-order valence-corrected chi connectivity index (χ3v) is 11.6. The molecule has 1 aliphatic heterocycles. The van der Waals surface area contributed by atoms with Crippen molar-refractivity contribution in [2.45, 2.75) is 63.8 Å². The van der Waals surface area contributed by atoms with Crippen LogP contribution in [0.5, 0.6) is 0 Å². The van der Waals surface area contributed by atoms with Crippen molar-refractivity contribution < 1.29 is 13.9 Å². The lowest BCUT2D eigenvalue weighted by atomic mass is 10.2. The second-order valence-corrected chi connectivity index (χ2v) is 16.1. The van der Waals surface area contributed by atoms with Crippen LogP contribution in [0.25, 0.3) is 11.0 Å². The number of rotatable bonds is 9. The normalized spacial score (nSPS) is 21.9. The van der Waals surface area contributed by atoms with Crippen molar-refractivity contribution in [2.24, 2.45) is 4.99 Å². The molecule has 0 aromatic carbocycles. The molecule has 2 aromatic rings. The molecule has 33 heavy (non-hydrogen) atoms. The fourth-order valence-electron chi connectivity index (χ4n) is 3.41. The average Bonchev–Trinajstić information content (AvgIpc) is 3.29. The topological polar surface area (TPSA) is 74.0 Å². The fraction of sp³-hybridized carbons (Fsp3) is 0.609. The third-order valence-electron chi connectivity index (χ3n) is 6.29. The minimum atomic E-state index is -1.90. The predicted octanol–water partition coefficient (Wildman–Crippen LogP) is 5.14. The molecular weight excluding hydrogens is 549 g/mol. The van der Waals surface area contributed by atoms with Crippen LogP contribution in [0.15, 0.2) is 30.2 Å². The first kappa shape index (κ1) is 26.3. The lowest BCUT2D eigenvalue weighted by molar-refractivity contribution is -0.0535. The third kappa shape index (κ3) is 6.02. The smallest absolute Gasteiger partial charge is 0.192 e. The minimum absolute atomic E-state index is 0.0825. The van der Waals surface area contributed by atoms with E-state index in [1.54, 1.807) is 18.7 Å². The Morgan fingerprint density at radius 2 is 2.09 bits per heavy atom. The molecular formula is C23H36IN5O3Si. The highest BCUT2D eigenvalue weighted by Gasteiger charge is 2.42. The largest absolute Gasteiger partial charge is 0.414 e. The quantitative estimate of drug-likeness (QED) is 0.134. The molecule has 1 aliphatic rings. The Balaban J connectivity index is 1.87. The van der Waals surface area contributed by atoms with Gasteiger partial charge in [-0.1, -0.05) is 26.8 Å². The molecule has 0 radical (unpaired) electrons. The van der Waals surface area contributed by atoms with Gasteiger partial charge in [0.2, 0.25) is 0 Å². The van der Waals surface area contributed by atoms with E-state index in [9.17, 15) is 0 Å². The van der Waals surface area contributed by atoms with Crippen LogP contribution in [0.2, 0.25) is 18.1 Å². The molecule has 8 nitrogen and oxygen atoms in total. The Morgan fingerprint density at radius 1 is 1.36 bits per heavy atom. The van der Waals surface area contributed by atoms with Crippen LogP contribution in [0, 0.1) is 3.57 Å². The highest BCUT2D eigenvalue weighted by Crippen LogP contribution is 2.39. The summed E-state index contributed by atoms with van der Waals surface area (Å²) in [5.41, 5.74) is 0.804. The summed E-state index contributed by atoms with van der Waals surface area (Å²) in [5, 5.41) is 1.06. The summed E-state index contributed by atoms with van der Waals surface area (Å²) in [5.74, 6) is 0.645. The maximum atomic E-state index is 6.52. The zero-order valence-electron chi connectivity index (χ0n) is 20.7. The molecule has 0 N–H and O–H groups in total. The molecule has 1 fully saturated rings. The minimum Gasteiger partial charge on any atom is -0.414 e. The SMILES string of the molecule is C=CCOC1C[C@H](n2cc(I)c3c(N=CN(C)C)ncnc32)O[C@@H]1CO[Si](C)(C)C(C)(C)C. The Labute approximate surface area is 211 Å². The van der Waals surface area contributed by atoms with Gasteiger partial charge in [0.25, 0.3) is 0 Å². The van der Waals surface area contributed by atoms with E-state index in [1.807, 2.05) is 19.0 Å². The van der Waals surface area contributed by atoms with E-state index in [2.05, 4.69) is 88.8 Å². The zero-order valence-corrected chi connectivity index (χ0v) is 23.9. The molecule has 0 saturated carbocycles. The highest BCUT2D eigenvalue weighted by atomic mass is 127. The molecule has 0 bridgehead atoms. The van der Waals surface area contributed by atoms with E-state index < -0.39 is 8.32 Å². The van der Waals surface area contributed by atoms with Crippen LogP contribution in [0.3, 0.4) is 0 Å². The van der Waals surface area contributed by atoms with Crippen molar-refractivity contribution >= 4 is 54.1 Å². The Morgan fingerprint density at radius 3 is 2.73 bits per heavy atom. The van der Waals surface area contributed by atoms with Crippen molar-refractivity contribution in [3.8, 4) is 0 Å². The molecule has 182 valence electrons. The van der Waals surface area contributed by atoms with E-state index in [1.165, 1.54) is 0 Å². The Hall–Kier alpha value is -1.34. The van der Waals surface area contributed by atoms with Gasteiger partial charge in [0.05, 0.1) is 31.0 Å². The van der Waals surface area contributed by atoms with Gasteiger partial charge in [-0.2, -0.15) is 0 Å². The number of ether oxygens (including phenoxy) is 2. The first-order valence-corrected chi connectivity index (χ1v) is 15.2. The summed E-state index contributed by atoms with van der Waals surface area (Å²) in [7, 11) is 1.96. The van der Waals surface area contributed by atoms with Gasteiger partial charge in [0.15, 0.2) is 14.1 Å². The van der Waals surface area contributed by atoms with Gasteiger partial charge in [-0.05, 0) is 40.7 Å². The predicted molar refractivity (Wildman–Crippen MR) is 144 cm³/mol. The number of nitrogens with zero attached hydrogens (tertiary/aromatic N) is 5. The molecule has 1 saturated heterocycles. The van der Waals surface area contributed by atoms with Gasteiger partial charge in [0.1, 0.15) is 24.3 Å². The van der Waals surface area contributed by atoms with Crippen molar-refractivity contribution in [3.63, 3.8) is 0 Å². The summed E-state index contributed by atoms with van der Waals surface area (Å²) < 4.78 is 22.2. The van der Waals surface area contributed by atoms with Crippen LogP contribution < -0.4 is 0 Å². The average molecular weight is 586 g/mol. The molecule has 0 amide bonds. The lowest BCUT2D eigenvalue weighted by Gasteiger charge is -2.37. The number of fused-ring (bicyclic) bond motifs is 1. The lowest BCUT2D eigenvalue weighted by Crippen LogP contribution is -2.44. The summed E-state index contributed by atoms with van der Waals surface area (Å²) >= 11 is 2.31. The van der Waals surface area contributed by atoms with Gasteiger partial charge < -0.3 is 23.4 Å². The molecule has 0 spiro atoms. The first-order valence-electron chi connectivity index (χ1n) is 11.2. The second-order valence-electron chi connectivity index (χ2n) is 10.1. The van der Waals surface area contributed by atoms with Crippen LogP contribution >= 0.6 is 22.6 Å². The number of hydrogen-bond acceptors (Lipinski definition) is 6. The molecule has 3 rings (SSSR count). The van der Waals surface area contributed by atoms with E-state index in [0.717, 1.165) is 14.6 Å². The summed E-state index contributed by atoms with van der Waals surface area (Å²) in [6, 6.07) is 0. The van der Waals surface area contributed by atoms with Gasteiger partial charge in [-0.15, -0.1) is 6.58 Å². The number of halogens is 1. The van der Waals surface area contributed by atoms with Crippen molar-refractivity contribution in [2.75, 3.05) is 27.3 Å². The molecule has 0 aliphatic carbocycles. The van der Waals surface area contributed by atoms with Gasteiger partial charge >= 0.3 is 0 Å². The first-order chi connectivity index (χ1) is 15.4. The molecule has 2 aromatic heterocycles. The zero-order chi connectivity index (χ0) is 24.4. The molecule has 10 heteroatoms. The molecule has 1 unspecified atom stereocenters. The van der Waals surface area contributed by atoms with Gasteiger partial charge in [0, 0.05) is 30.3 Å².